The van der Waals surface area contributed by atoms with E-state index in [0.717, 1.165) is 24.2 Å². The second-order valence-corrected chi connectivity index (χ2v) is 10.4. The van der Waals surface area contributed by atoms with Gasteiger partial charge in [0.15, 0.2) is 0 Å². The molecule has 2 aromatic rings. The Balaban J connectivity index is 1.24. The molecule has 2 aliphatic rings. The summed E-state index contributed by atoms with van der Waals surface area (Å²) in [4.78, 5) is 45.4. The Morgan fingerprint density at radius 1 is 1.06 bits per heavy atom. The molecule has 3 amide bonds. The number of pyridine rings is 1. The van der Waals surface area contributed by atoms with Gasteiger partial charge < -0.3 is 20.4 Å². The van der Waals surface area contributed by atoms with Crippen LogP contribution in [0.1, 0.15) is 51.5 Å². The van der Waals surface area contributed by atoms with Crippen molar-refractivity contribution in [2.75, 3.05) is 36.4 Å². The first-order valence-corrected chi connectivity index (χ1v) is 12.9. The van der Waals surface area contributed by atoms with E-state index in [1.54, 1.807) is 6.20 Å². The number of anilines is 2. The van der Waals surface area contributed by atoms with E-state index in [2.05, 4.69) is 46.5 Å². The second-order valence-electron chi connectivity index (χ2n) is 10.4. The summed E-state index contributed by atoms with van der Waals surface area (Å²) in [5, 5.41) is 5.87. The summed E-state index contributed by atoms with van der Waals surface area (Å²) < 4.78 is 0. The third-order valence-electron chi connectivity index (χ3n) is 7.10. The monoisotopic (exact) mass is 491 g/mol. The van der Waals surface area contributed by atoms with Crippen LogP contribution in [-0.4, -0.2) is 59.8 Å². The van der Waals surface area contributed by atoms with Crippen LogP contribution in [0.25, 0.3) is 0 Å². The van der Waals surface area contributed by atoms with Crippen LogP contribution in [0.3, 0.4) is 0 Å². The first-order chi connectivity index (χ1) is 17.3. The highest BCUT2D eigenvalue weighted by Crippen LogP contribution is 2.30. The Hall–Kier alpha value is -3.42. The van der Waals surface area contributed by atoms with Gasteiger partial charge in [-0.2, -0.15) is 0 Å². The summed E-state index contributed by atoms with van der Waals surface area (Å²) >= 11 is 0. The Kier molecular flexibility index (Phi) is 8.23. The van der Waals surface area contributed by atoms with E-state index >= 15 is 0 Å². The van der Waals surface area contributed by atoms with E-state index in [4.69, 9.17) is 0 Å². The quantitative estimate of drug-likeness (QED) is 0.590. The number of carbonyl (C=O) groups excluding carboxylic acids is 3. The number of hydrogen-bond donors (Lipinski definition) is 2. The molecule has 0 saturated carbocycles. The summed E-state index contributed by atoms with van der Waals surface area (Å²) in [7, 11) is 0. The fourth-order valence-corrected chi connectivity index (χ4v) is 5.07. The molecule has 0 unspecified atom stereocenters. The molecule has 36 heavy (non-hydrogen) atoms. The maximum atomic E-state index is 13.0. The Morgan fingerprint density at radius 2 is 1.75 bits per heavy atom. The molecule has 2 N–H and O–H groups in total. The van der Waals surface area contributed by atoms with E-state index in [0.29, 0.717) is 44.4 Å². The summed E-state index contributed by atoms with van der Waals surface area (Å²) in [5.41, 5.74) is 3.08. The molecule has 8 heteroatoms. The molecule has 4 rings (SSSR count). The molecule has 3 heterocycles. The summed E-state index contributed by atoms with van der Waals surface area (Å²) in [6.45, 7) is 8.35. The zero-order valence-electron chi connectivity index (χ0n) is 21.4. The number of rotatable bonds is 8. The molecule has 8 nitrogen and oxygen atoms in total. The van der Waals surface area contributed by atoms with Crippen LogP contribution < -0.4 is 15.5 Å². The number of hydrogen-bond acceptors (Lipinski definition) is 5. The molecule has 2 fully saturated rings. The van der Waals surface area contributed by atoms with E-state index in [1.165, 1.54) is 12.5 Å². The maximum absolute atomic E-state index is 13.0. The van der Waals surface area contributed by atoms with Gasteiger partial charge in [-0.1, -0.05) is 26.0 Å². The van der Waals surface area contributed by atoms with Crippen molar-refractivity contribution in [1.29, 1.82) is 0 Å². The van der Waals surface area contributed by atoms with Crippen LogP contribution in [0.15, 0.2) is 48.8 Å². The summed E-state index contributed by atoms with van der Waals surface area (Å²) in [6.07, 6.45) is 5.99. The summed E-state index contributed by atoms with van der Waals surface area (Å²) in [6, 6.07) is 11.6. The van der Waals surface area contributed by atoms with E-state index in [9.17, 15) is 14.4 Å². The largest absolute Gasteiger partial charge is 0.369 e. The lowest BCUT2D eigenvalue weighted by Crippen LogP contribution is -2.52. The molecule has 0 spiro atoms. The predicted molar refractivity (Wildman–Crippen MR) is 141 cm³/mol. The Bertz CT molecular complexity index is 1040. The molecule has 1 aromatic heterocycles. The molecule has 192 valence electrons. The van der Waals surface area contributed by atoms with Crippen LogP contribution in [0.5, 0.6) is 0 Å². The van der Waals surface area contributed by atoms with Crippen molar-refractivity contribution in [3.8, 4) is 0 Å². The second kappa shape index (κ2) is 11.5. The Labute approximate surface area is 213 Å². The zero-order valence-corrected chi connectivity index (χ0v) is 21.4. The smallest absolute Gasteiger partial charge is 0.245 e. The van der Waals surface area contributed by atoms with Crippen molar-refractivity contribution in [3.05, 3.63) is 54.4 Å². The van der Waals surface area contributed by atoms with Crippen molar-refractivity contribution in [2.45, 2.75) is 52.0 Å². The average molecular weight is 492 g/mol. The number of amides is 3. The molecule has 2 aliphatic heterocycles. The highest BCUT2D eigenvalue weighted by Gasteiger charge is 2.33. The van der Waals surface area contributed by atoms with Crippen molar-refractivity contribution < 1.29 is 14.4 Å². The molecule has 2 saturated heterocycles. The van der Waals surface area contributed by atoms with Gasteiger partial charge in [0.2, 0.25) is 17.7 Å². The molecular weight excluding hydrogens is 454 g/mol. The van der Waals surface area contributed by atoms with Crippen LogP contribution >= 0.6 is 0 Å². The van der Waals surface area contributed by atoms with Crippen molar-refractivity contribution in [1.82, 2.24) is 15.2 Å². The lowest BCUT2D eigenvalue weighted by molar-refractivity contribution is -0.137. The lowest BCUT2D eigenvalue weighted by Gasteiger charge is -2.39. The van der Waals surface area contributed by atoms with Gasteiger partial charge >= 0.3 is 0 Å². The Morgan fingerprint density at radius 3 is 2.33 bits per heavy atom. The number of piperidine rings is 1. The highest BCUT2D eigenvalue weighted by molar-refractivity contribution is 5.94. The zero-order chi connectivity index (χ0) is 25.7. The third kappa shape index (κ3) is 6.42. The van der Waals surface area contributed by atoms with Crippen molar-refractivity contribution >= 4 is 29.1 Å². The minimum Gasteiger partial charge on any atom is -0.369 e. The topological polar surface area (TPSA) is 94.6 Å². The van der Waals surface area contributed by atoms with Gasteiger partial charge in [0, 0.05) is 45.0 Å². The maximum Gasteiger partial charge on any atom is 0.245 e. The molecule has 0 radical (unpaired) electrons. The minimum absolute atomic E-state index is 0.0218. The fraction of sp³-hybridized carbons (Fsp3) is 0.500. The predicted octanol–water partition coefficient (Wildman–Crippen LogP) is 3.41. The normalized spacial score (nSPS) is 17.4. The minimum atomic E-state index is -0.450. The molecular formula is C28H37N5O3. The van der Waals surface area contributed by atoms with E-state index in [-0.39, 0.29) is 23.6 Å². The molecule has 0 bridgehead atoms. The van der Waals surface area contributed by atoms with Gasteiger partial charge in [0.25, 0.3) is 0 Å². The number of carbonyl (C=O) groups is 3. The van der Waals surface area contributed by atoms with Crippen LogP contribution in [-0.2, 0) is 14.4 Å². The van der Waals surface area contributed by atoms with Crippen LogP contribution in [0.2, 0.25) is 0 Å². The summed E-state index contributed by atoms with van der Waals surface area (Å²) in [5.74, 6) is 0.579. The van der Waals surface area contributed by atoms with Gasteiger partial charge in [-0.05, 0) is 60.9 Å². The third-order valence-corrected chi connectivity index (χ3v) is 7.10. The van der Waals surface area contributed by atoms with E-state index in [1.807, 2.05) is 35.4 Å². The number of nitrogens with zero attached hydrogens (tertiary/aromatic N) is 3. The van der Waals surface area contributed by atoms with Crippen LogP contribution in [0, 0.1) is 11.8 Å². The standard InChI is InChI=1S/C28H37N5O3/c1-19(2)15-26(30-20(3)34)28(36)32-13-10-22(11-14-32)21-6-8-24(9-7-21)31-27(35)23-17-33(18-23)25-5-4-12-29-16-25/h4-9,12,16,19,22-23,26H,10-11,13-15,17-18H2,1-3H3,(H,30,34)(H,31,35)/t26-/m0/s1. The van der Waals surface area contributed by atoms with Crippen LogP contribution in [0.4, 0.5) is 11.4 Å². The SMILES string of the molecule is CC(=O)N[C@@H](CC(C)C)C(=O)N1CCC(c2ccc(NC(=O)C3CN(c4cccnc4)C3)cc2)CC1. The number of likely N-dealkylation sites (tertiary alicyclic amines) is 1. The van der Waals surface area contributed by atoms with Crippen molar-refractivity contribution in [2.24, 2.45) is 11.8 Å². The number of nitrogens with one attached hydrogen (secondary N) is 2. The van der Waals surface area contributed by atoms with Gasteiger partial charge in [0.05, 0.1) is 17.8 Å². The highest BCUT2D eigenvalue weighted by atomic mass is 16.2. The van der Waals surface area contributed by atoms with Gasteiger partial charge in [-0.15, -0.1) is 0 Å². The van der Waals surface area contributed by atoms with Gasteiger partial charge in [-0.25, -0.2) is 0 Å². The lowest BCUT2D eigenvalue weighted by atomic mass is 9.89. The average Bonchev–Trinajstić information content (AvgIpc) is 2.83. The molecule has 1 atom stereocenters. The number of benzene rings is 1. The fourth-order valence-electron chi connectivity index (χ4n) is 5.07. The van der Waals surface area contributed by atoms with E-state index < -0.39 is 6.04 Å². The first-order valence-electron chi connectivity index (χ1n) is 12.9. The van der Waals surface area contributed by atoms with Gasteiger partial charge in [-0.3, -0.25) is 19.4 Å². The first kappa shape index (κ1) is 25.7. The molecule has 0 aliphatic carbocycles. The van der Waals surface area contributed by atoms with Crippen molar-refractivity contribution in [3.63, 3.8) is 0 Å². The number of aromatic nitrogens is 1. The molecule has 1 aromatic carbocycles. The van der Waals surface area contributed by atoms with Gasteiger partial charge in [0.1, 0.15) is 6.04 Å².